The summed E-state index contributed by atoms with van der Waals surface area (Å²) in [5, 5.41) is 10.4. The lowest BCUT2D eigenvalue weighted by atomic mass is 9.93. The number of rotatable bonds is 2. The molecule has 1 N–H and O–H groups in total. The molecule has 0 radical (unpaired) electrons. The van der Waals surface area contributed by atoms with Crippen molar-refractivity contribution >= 4 is 0 Å². The number of aliphatic hydroxyl groups is 1. The molecule has 2 aromatic rings. The van der Waals surface area contributed by atoms with Crippen molar-refractivity contribution in [2.45, 2.75) is 32.5 Å². The Bertz CT molecular complexity index is 664. The molecular formula is C18H20O3. The fourth-order valence-electron chi connectivity index (χ4n) is 2.87. The molecule has 1 unspecified atom stereocenters. The Kier molecular flexibility index (Phi) is 3.60. The van der Waals surface area contributed by atoms with Gasteiger partial charge in [0.1, 0.15) is 17.6 Å². The molecule has 0 saturated carbocycles. The van der Waals surface area contributed by atoms with Gasteiger partial charge in [0.05, 0.1) is 13.2 Å². The molecule has 3 heteroatoms. The summed E-state index contributed by atoms with van der Waals surface area (Å²) in [5.74, 6) is 1.64. The van der Waals surface area contributed by atoms with Crippen molar-refractivity contribution in [2.75, 3.05) is 7.11 Å². The van der Waals surface area contributed by atoms with E-state index in [4.69, 9.17) is 9.47 Å². The molecule has 110 valence electrons. The van der Waals surface area contributed by atoms with Gasteiger partial charge in [-0.15, -0.1) is 0 Å². The van der Waals surface area contributed by atoms with Crippen molar-refractivity contribution in [3.63, 3.8) is 0 Å². The van der Waals surface area contributed by atoms with Crippen LogP contribution in [-0.2, 0) is 0 Å². The van der Waals surface area contributed by atoms with E-state index in [2.05, 4.69) is 6.07 Å². The third-order valence-electron chi connectivity index (χ3n) is 4.02. The number of hydrogen-bond donors (Lipinski definition) is 1. The van der Waals surface area contributed by atoms with Gasteiger partial charge < -0.3 is 14.6 Å². The Hall–Kier alpha value is -2.00. The molecule has 2 aromatic carbocycles. The van der Waals surface area contributed by atoms with Crippen LogP contribution in [0.3, 0.4) is 0 Å². The maximum absolute atomic E-state index is 10.4. The highest BCUT2D eigenvalue weighted by molar-refractivity contribution is 5.42. The molecule has 0 amide bonds. The zero-order valence-corrected chi connectivity index (χ0v) is 12.6. The van der Waals surface area contributed by atoms with Crippen molar-refractivity contribution in [3.8, 4) is 11.5 Å². The van der Waals surface area contributed by atoms with E-state index in [0.29, 0.717) is 6.42 Å². The summed E-state index contributed by atoms with van der Waals surface area (Å²) >= 11 is 0. The lowest BCUT2D eigenvalue weighted by molar-refractivity contribution is 0.0656. The summed E-state index contributed by atoms with van der Waals surface area (Å²) in [6.07, 6.45) is -0.0387. The monoisotopic (exact) mass is 284 g/mol. The maximum Gasteiger partial charge on any atom is 0.127 e. The second kappa shape index (κ2) is 5.41. The van der Waals surface area contributed by atoms with Crippen LogP contribution in [0, 0.1) is 13.8 Å². The van der Waals surface area contributed by atoms with Gasteiger partial charge in [-0.25, -0.2) is 0 Å². The van der Waals surface area contributed by atoms with E-state index in [1.807, 2.05) is 44.2 Å². The molecule has 2 atom stereocenters. The van der Waals surface area contributed by atoms with E-state index in [-0.39, 0.29) is 6.10 Å². The first-order chi connectivity index (χ1) is 10.1. The number of benzene rings is 2. The zero-order chi connectivity index (χ0) is 15.0. The molecule has 21 heavy (non-hydrogen) atoms. The van der Waals surface area contributed by atoms with Crippen LogP contribution in [0.1, 0.15) is 40.9 Å². The van der Waals surface area contributed by atoms with Crippen LogP contribution in [-0.4, -0.2) is 12.2 Å². The highest BCUT2D eigenvalue weighted by Gasteiger charge is 2.28. The van der Waals surface area contributed by atoms with Crippen LogP contribution in [0.25, 0.3) is 0 Å². The minimum Gasteiger partial charge on any atom is -0.496 e. The minimum atomic E-state index is -0.485. The molecule has 1 heterocycles. The molecule has 1 aliphatic rings. The quantitative estimate of drug-likeness (QED) is 0.910. The SMILES string of the molecule is COc1ccc(C2C[C@@H](O)c3cc(C)ccc3O2)cc1C. The topological polar surface area (TPSA) is 38.7 Å². The smallest absolute Gasteiger partial charge is 0.127 e. The van der Waals surface area contributed by atoms with Gasteiger partial charge in [0.2, 0.25) is 0 Å². The molecule has 3 rings (SSSR count). The molecular weight excluding hydrogens is 264 g/mol. The van der Waals surface area contributed by atoms with Gasteiger partial charge in [-0.2, -0.15) is 0 Å². The molecule has 3 nitrogen and oxygen atoms in total. The van der Waals surface area contributed by atoms with E-state index in [9.17, 15) is 5.11 Å². The van der Waals surface area contributed by atoms with Gasteiger partial charge in [0, 0.05) is 12.0 Å². The maximum atomic E-state index is 10.4. The van der Waals surface area contributed by atoms with Crippen LogP contribution in [0.4, 0.5) is 0 Å². The van der Waals surface area contributed by atoms with Crippen LogP contribution < -0.4 is 9.47 Å². The van der Waals surface area contributed by atoms with Crippen LogP contribution in [0.15, 0.2) is 36.4 Å². The van der Waals surface area contributed by atoms with Crippen molar-refractivity contribution in [3.05, 3.63) is 58.7 Å². The predicted octanol–water partition coefficient (Wildman–Crippen LogP) is 3.87. The Morgan fingerprint density at radius 3 is 2.67 bits per heavy atom. The first kappa shape index (κ1) is 14.0. The zero-order valence-electron chi connectivity index (χ0n) is 12.6. The van der Waals surface area contributed by atoms with E-state index < -0.39 is 6.10 Å². The van der Waals surface area contributed by atoms with Crippen LogP contribution >= 0.6 is 0 Å². The van der Waals surface area contributed by atoms with Gasteiger partial charge in [-0.05, 0) is 49.2 Å². The Balaban J connectivity index is 1.92. The highest BCUT2D eigenvalue weighted by Crippen LogP contribution is 2.41. The fraction of sp³-hybridized carbons (Fsp3) is 0.333. The molecule has 0 fully saturated rings. The van der Waals surface area contributed by atoms with Gasteiger partial charge in [0.25, 0.3) is 0 Å². The fourth-order valence-corrected chi connectivity index (χ4v) is 2.87. The summed E-state index contributed by atoms with van der Waals surface area (Å²) in [5.41, 5.74) is 4.16. The predicted molar refractivity (Wildman–Crippen MR) is 81.9 cm³/mol. The summed E-state index contributed by atoms with van der Waals surface area (Å²) in [7, 11) is 1.67. The number of hydrogen-bond acceptors (Lipinski definition) is 3. The third kappa shape index (κ3) is 2.61. The van der Waals surface area contributed by atoms with Gasteiger partial charge in [-0.3, -0.25) is 0 Å². The summed E-state index contributed by atoms with van der Waals surface area (Å²) < 4.78 is 11.4. The van der Waals surface area contributed by atoms with E-state index >= 15 is 0 Å². The lowest BCUT2D eigenvalue weighted by Gasteiger charge is -2.30. The standard InChI is InChI=1S/C18H20O3/c1-11-4-6-17-14(8-11)15(19)10-18(21-17)13-5-7-16(20-3)12(2)9-13/h4-9,15,18-19H,10H2,1-3H3/t15-,18?/m1/s1. The molecule has 0 saturated heterocycles. The third-order valence-corrected chi connectivity index (χ3v) is 4.02. The largest absolute Gasteiger partial charge is 0.496 e. The van der Waals surface area contributed by atoms with Gasteiger partial charge >= 0.3 is 0 Å². The number of aryl methyl sites for hydroxylation is 2. The van der Waals surface area contributed by atoms with Crippen LogP contribution in [0.2, 0.25) is 0 Å². The first-order valence-corrected chi connectivity index (χ1v) is 7.18. The second-order valence-corrected chi connectivity index (χ2v) is 5.63. The summed E-state index contributed by atoms with van der Waals surface area (Å²) in [6.45, 7) is 4.03. The van der Waals surface area contributed by atoms with Crippen molar-refractivity contribution in [1.82, 2.24) is 0 Å². The molecule has 1 aliphatic heterocycles. The van der Waals surface area contributed by atoms with Crippen molar-refractivity contribution in [2.24, 2.45) is 0 Å². The number of aliphatic hydroxyl groups excluding tert-OH is 1. The van der Waals surface area contributed by atoms with Crippen LogP contribution in [0.5, 0.6) is 11.5 Å². The Morgan fingerprint density at radius 1 is 1.14 bits per heavy atom. The molecule has 0 spiro atoms. The average molecular weight is 284 g/mol. The van der Waals surface area contributed by atoms with E-state index in [1.165, 1.54) is 0 Å². The number of fused-ring (bicyclic) bond motifs is 1. The number of ether oxygens (including phenoxy) is 2. The Morgan fingerprint density at radius 2 is 1.95 bits per heavy atom. The molecule has 0 bridgehead atoms. The second-order valence-electron chi connectivity index (χ2n) is 5.63. The lowest BCUT2D eigenvalue weighted by Crippen LogP contribution is -2.19. The van der Waals surface area contributed by atoms with Gasteiger partial charge in [0.15, 0.2) is 0 Å². The van der Waals surface area contributed by atoms with E-state index in [1.54, 1.807) is 7.11 Å². The first-order valence-electron chi connectivity index (χ1n) is 7.18. The van der Waals surface area contributed by atoms with Crippen molar-refractivity contribution < 1.29 is 14.6 Å². The average Bonchev–Trinajstić information content (AvgIpc) is 2.47. The highest BCUT2D eigenvalue weighted by atomic mass is 16.5. The van der Waals surface area contributed by atoms with Gasteiger partial charge in [-0.1, -0.05) is 17.7 Å². The summed E-state index contributed by atoms with van der Waals surface area (Å²) in [6, 6.07) is 12.0. The number of methoxy groups -OCH3 is 1. The van der Waals surface area contributed by atoms with E-state index in [0.717, 1.165) is 33.8 Å². The Labute approximate surface area is 125 Å². The normalized spacial score (nSPS) is 20.6. The molecule has 0 aliphatic carbocycles. The summed E-state index contributed by atoms with van der Waals surface area (Å²) in [4.78, 5) is 0. The molecule has 0 aromatic heterocycles. The minimum absolute atomic E-state index is 0.125. The van der Waals surface area contributed by atoms with Crippen molar-refractivity contribution in [1.29, 1.82) is 0 Å².